The molecule has 1 N–H and O–H groups in total. The number of hydrogen-bond acceptors (Lipinski definition) is 3. The molecule has 0 aliphatic heterocycles. The van der Waals surface area contributed by atoms with Crippen LogP contribution in [0.2, 0.25) is 0 Å². The molecule has 3 heteroatoms. The molecule has 0 aromatic rings. The maximum atomic E-state index is 11.4. The standard InChI is InChI=1S/C12H18O3/c1-4-6-12(14)7-10(8-12)9(3)11(13)15-5-2/h4,6,14H,5,7-8H2,1-3H3/b6-4+,10-9?. The average Bonchev–Trinajstić information content (AvgIpc) is 2.13. The third-order valence-corrected chi connectivity index (χ3v) is 2.63. The van der Waals surface area contributed by atoms with Gasteiger partial charge in [-0.2, -0.15) is 0 Å². The molecule has 0 spiro atoms. The molecule has 84 valence electrons. The van der Waals surface area contributed by atoms with Gasteiger partial charge in [-0.3, -0.25) is 0 Å². The fourth-order valence-electron chi connectivity index (χ4n) is 1.76. The molecule has 0 unspecified atom stereocenters. The molecular formula is C12H18O3. The van der Waals surface area contributed by atoms with Crippen molar-refractivity contribution in [2.45, 2.75) is 39.2 Å². The summed E-state index contributed by atoms with van der Waals surface area (Å²) in [6, 6.07) is 0. The van der Waals surface area contributed by atoms with E-state index in [1.165, 1.54) is 0 Å². The Balaban J connectivity index is 2.62. The van der Waals surface area contributed by atoms with Crippen LogP contribution < -0.4 is 0 Å². The first kappa shape index (κ1) is 12.0. The zero-order valence-electron chi connectivity index (χ0n) is 9.54. The predicted molar refractivity (Wildman–Crippen MR) is 58.3 cm³/mol. The number of aliphatic hydroxyl groups is 1. The molecule has 0 saturated heterocycles. The molecule has 1 saturated carbocycles. The molecular weight excluding hydrogens is 192 g/mol. The Hall–Kier alpha value is -1.09. The monoisotopic (exact) mass is 210 g/mol. The molecule has 0 atom stereocenters. The molecule has 1 aliphatic carbocycles. The Labute approximate surface area is 90.4 Å². The van der Waals surface area contributed by atoms with E-state index in [4.69, 9.17) is 4.74 Å². The second-order valence-corrected chi connectivity index (χ2v) is 3.91. The second kappa shape index (κ2) is 4.62. The summed E-state index contributed by atoms with van der Waals surface area (Å²) in [6.07, 6.45) is 4.69. The van der Waals surface area contributed by atoms with Gasteiger partial charge in [-0.15, -0.1) is 0 Å². The van der Waals surface area contributed by atoms with Gasteiger partial charge in [0, 0.05) is 18.4 Å². The number of esters is 1. The summed E-state index contributed by atoms with van der Waals surface area (Å²) in [5.74, 6) is -0.268. The van der Waals surface area contributed by atoms with Gasteiger partial charge in [-0.05, 0) is 20.8 Å². The number of rotatable bonds is 3. The zero-order chi connectivity index (χ0) is 11.5. The number of carbonyl (C=O) groups is 1. The van der Waals surface area contributed by atoms with Gasteiger partial charge in [0.25, 0.3) is 0 Å². The third-order valence-electron chi connectivity index (χ3n) is 2.63. The molecule has 0 amide bonds. The Bertz CT molecular complexity index is 305. The molecule has 1 rings (SSSR count). The lowest BCUT2D eigenvalue weighted by molar-refractivity contribution is -0.138. The van der Waals surface area contributed by atoms with E-state index in [1.807, 2.05) is 13.0 Å². The molecule has 0 heterocycles. The highest BCUT2D eigenvalue weighted by Crippen LogP contribution is 2.40. The molecule has 0 aromatic heterocycles. The van der Waals surface area contributed by atoms with E-state index in [9.17, 15) is 9.90 Å². The van der Waals surface area contributed by atoms with Crippen molar-refractivity contribution in [1.82, 2.24) is 0 Å². The number of hydrogen-bond donors (Lipinski definition) is 1. The van der Waals surface area contributed by atoms with Gasteiger partial charge in [0.2, 0.25) is 0 Å². The van der Waals surface area contributed by atoms with Crippen LogP contribution in [0.1, 0.15) is 33.6 Å². The summed E-state index contributed by atoms with van der Waals surface area (Å²) >= 11 is 0. The quantitative estimate of drug-likeness (QED) is 0.440. The molecule has 3 nitrogen and oxygen atoms in total. The minimum atomic E-state index is -0.738. The van der Waals surface area contributed by atoms with Crippen molar-refractivity contribution in [2.75, 3.05) is 6.61 Å². The van der Waals surface area contributed by atoms with Crippen LogP contribution in [0.4, 0.5) is 0 Å². The SMILES string of the molecule is C/C=C/C1(O)CC(=C(C)C(=O)OCC)C1. The predicted octanol–water partition coefficient (Wildman–Crippen LogP) is 1.97. The van der Waals surface area contributed by atoms with E-state index in [-0.39, 0.29) is 5.97 Å². The van der Waals surface area contributed by atoms with Crippen molar-refractivity contribution < 1.29 is 14.6 Å². The Morgan fingerprint density at radius 1 is 1.60 bits per heavy atom. The minimum Gasteiger partial charge on any atom is -0.463 e. The summed E-state index contributed by atoms with van der Waals surface area (Å²) in [5.41, 5.74) is 0.901. The van der Waals surface area contributed by atoms with Gasteiger partial charge in [0.15, 0.2) is 0 Å². The summed E-state index contributed by atoms with van der Waals surface area (Å²) in [4.78, 5) is 11.4. The van der Waals surface area contributed by atoms with E-state index in [0.29, 0.717) is 25.0 Å². The van der Waals surface area contributed by atoms with E-state index in [2.05, 4.69) is 0 Å². The summed E-state index contributed by atoms with van der Waals surface area (Å²) in [6.45, 7) is 5.80. The topological polar surface area (TPSA) is 46.5 Å². The minimum absolute atomic E-state index is 0.268. The summed E-state index contributed by atoms with van der Waals surface area (Å²) in [5, 5.41) is 9.87. The van der Waals surface area contributed by atoms with Gasteiger partial charge in [0.1, 0.15) is 0 Å². The molecule has 1 aliphatic rings. The number of ether oxygens (including phenoxy) is 1. The van der Waals surface area contributed by atoms with Crippen LogP contribution in [0, 0.1) is 0 Å². The van der Waals surface area contributed by atoms with Gasteiger partial charge in [-0.25, -0.2) is 4.79 Å². The highest BCUT2D eigenvalue weighted by molar-refractivity contribution is 5.89. The highest BCUT2D eigenvalue weighted by Gasteiger charge is 2.37. The Morgan fingerprint density at radius 3 is 2.67 bits per heavy atom. The van der Waals surface area contributed by atoms with Crippen molar-refractivity contribution >= 4 is 5.97 Å². The lowest BCUT2D eigenvalue weighted by Crippen LogP contribution is -2.37. The van der Waals surface area contributed by atoms with Crippen LogP contribution in [-0.4, -0.2) is 23.3 Å². The summed E-state index contributed by atoms with van der Waals surface area (Å²) in [7, 11) is 0. The first-order valence-electron chi connectivity index (χ1n) is 5.24. The zero-order valence-corrected chi connectivity index (χ0v) is 9.54. The van der Waals surface area contributed by atoms with Crippen molar-refractivity contribution in [2.24, 2.45) is 0 Å². The molecule has 0 bridgehead atoms. The van der Waals surface area contributed by atoms with E-state index < -0.39 is 5.60 Å². The van der Waals surface area contributed by atoms with Crippen LogP contribution in [0.25, 0.3) is 0 Å². The molecule has 0 radical (unpaired) electrons. The van der Waals surface area contributed by atoms with Crippen LogP contribution in [0.3, 0.4) is 0 Å². The van der Waals surface area contributed by atoms with E-state index >= 15 is 0 Å². The maximum absolute atomic E-state index is 11.4. The van der Waals surface area contributed by atoms with Gasteiger partial charge in [0.05, 0.1) is 12.2 Å². The first-order chi connectivity index (χ1) is 7.02. The summed E-state index contributed by atoms with van der Waals surface area (Å²) < 4.78 is 4.89. The molecule has 15 heavy (non-hydrogen) atoms. The maximum Gasteiger partial charge on any atom is 0.333 e. The van der Waals surface area contributed by atoms with Crippen LogP contribution >= 0.6 is 0 Å². The fraction of sp³-hybridized carbons (Fsp3) is 0.583. The normalized spacial score (nSPS) is 25.2. The smallest absolute Gasteiger partial charge is 0.333 e. The number of carbonyl (C=O) groups excluding carboxylic acids is 1. The van der Waals surface area contributed by atoms with Gasteiger partial charge in [-0.1, -0.05) is 17.7 Å². The van der Waals surface area contributed by atoms with Crippen molar-refractivity contribution in [3.63, 3.8) is 0 Å². The Kier molecular flexibility index (Phi) is 3.69. The average molecular weight is 210 g/mol. The lowest BCUT2D eigenvalue weighted by atomic mass is 9.73. The van der Waals surface area contributed by atoms with Crippen molar-refractivity contribution in [3.8, 4) is 0 Å². The Morgan fingerprint density at radius 2 is 2.20 bits per heavy atom. The van der Waals surface area contributed by atoms with Gasteiger partial charge >= 0.3 is 5.97 Å². The first-order valence-corrected chi connectivity index (χ1v) is 5.24. The van der Waals surface area contributed by atoms with Gasteiger partial charge < -0.3 is 9.84 Å². The number of allylic oxidation sites excluding steroid dienone is 1. The van der Waals surface area contributed by atoms with Crippen LogP contribution in [0.5, 0.6) is 0 Å². The van der Waals surface area contributed by atoms with Crippen LogP contribution in [0.15, 0.2) is 23.3 Å². The fourth-order valence-corrected chi connectivity index (χ4v) is 1.76. The van der Waals surface area contributed by atoms with Crippen LogP contribution in [-0.2, 0) is 9.53 Å². The second-order valence-electron chi connectivity index (χ2n) is 3.91. The largest absolute Gasteiger partial charge is 0.463 e. The van der Waals surface area contributed by atoms with E-state index in [1.54, 1.807) is 19.9 Å². The highest BCUT2D eigenvalue weighted by atomic mass is 16.5. The van der Waals surface area contributed by atoms with E-state index in [0.717, 1.165) is 5.57 Å². The molecule has 1 fully saturated rings. The third kappa shape index (κ3) is 2.69. The van der Waals surface area contributed by atoms with Crippen molar-refractivity contribution in [3.05, 3.63) is 23.3 Å². The molecule has 0 aromatic carbocycles. The lowest BCUT2D eigenvalue weighted by Gasteiger charge is -2.37. The van der Waals surface area contributed by atoms with Crippen molar-refractivity contribution in [1.29, 1.82) is 0 Å².